The van der Waals surface area contributed by atoms with Gasteiger partial charge in [0.05, 0.1) is 29.7 Å². The Bertz CT molecular complexity index is 1590. The normalized spacial score (nSPS) is 14.8. The first kappa shape index (κ1) is 20.5. The molecule has 1 amide bonds. The molecule has 0 saturated heterocycles. The Balaban J connectivity index is 1.71. The molecule has 6 bridgehead atoms. The molecule has 0 fully saturated rings. The summed E-state index contributed by atoms with van der Waals surface area (Å²) in [6.45, 7) is -2.17. The Morgan fingerprint density at radius 3 is 2.76 bits per heavy atom. The maximum Gasteiger partial charge on any atom is 0.273 e. The van der Waals surface area contributed by atoms with Gasteiger partial charge in [0.15, 0.2) is 23.1 Å². The monoisotopic (exact) mass is 507 g/mol. The van der Waals surface area contributed by atoms with E-state index in [1.54, 1.807) is 24.1 Å². The molecule has 5 rings (SSSR count). The fourth-order valence-corrected chi connectivity index (χ4v) is 4.06. The van der Waals surface area contributed by atoms with Crippen LogP contribution < -0.4 is 20.7 Å². The molecular formula is C24H25FN10O2. The minimum atomic E-state index is -2.75. The number of amides is 1. The number of aromatic nitrogens is 6. The summed E-state index contributed by atoms with van der Waals surface area (Å²) in [5.41, 5.74) is 1.84. The van der Waals surface area contributed by atoms with Gasteiger partial charge < -0.3 is 20.7 Å². The summed E-state index contributed by atoms with van der Waals surface area (Å²) in [5, 5.41) is 20.5. The molecule has 37 heavy (non-hydrogen) atoms. The first-order valence-electron chi connectivity index (χ1n) is 12.6. The molecule has 13 heteroatoms. The Hall–Kier alpha value is -4.65. The Morgan fingerprint density at radius 2 is 2.00 bits per heavy atom. The van der Waals surface area contributed by atoms with E-state index in [0.717, 1.165) is 5.56 Å². The van der Waals surface area contributed by atoms with E-state index in [0.29, 0.717) is 35.2 Å². The third-order valence-corrected chi connectivity index (χ3v) is 5.63. The molecule has 4 heterocycles. The lowest BCUT2D eigenvalue weighted by Gasteiger charge is -2.21. The van der Waals surface area contributed by atoms with E-state index in [2.05, 4.69) is 35.9 Å². The largest absolute Gasteiger partial charge is 0.494 e. The van der Waals surface area contributed by atoms with Crippen LogP contribution >= 0.6 is 0 Å². The fourth-order valence-electron chi connectivity index (χ4n) is 4.06. The highest BCUT2D eigenvalue weighted by molar-refractivity contribution is 5.99. The summed E-state index contributed by atoms with van der Waals surface area (Å²) in [4.78, 5) is 23.5. The molecule has 0 radical (unpaired) electrons. The van der Waals surface area contributed by atoms with Crippen LogP contribution in [0.5, 0.6) is 5.75 Å². The molecule has 3 aromatic heterocycles. The maximum absolute atomic E-state index is 14.7. The van der Waals surface area contributed by atoms with Gasteiger partial charge in [-0.1, -0.05) is 0 Å². The zero-order valence-electron chi connectivity index (χ0n) is 23.2. The van der Waals surface area contributed by atoms with Crippen LogP contribution in [-0.2, 0) is 20.1 Å². The van der Waals surface area contributed by atoms with Crippen molar-refractivity contribution in [2.75, 3.05) is 31.8 Å². The first-order chi connectivity index (χ1) is 19.0. The van der Waals surface area contributed by atoms with Crippen LogP contribution in [0.25, 0.3) is 11.4 Å². The van der Waals surface area contributed by atoms with Gasteiger partial charge in [0.1, 0.15) is 18.0 Å². The van der Waals surface area contributed by atoms with Gasteiger partial charge >= 0.3 is 0 Å². The fraction of sp³-hybridized carbons (Fsp3) is 0.250. The second kappa shape index (κ2) is 9.78. The van der Waals surface area contributed by atoms with Crippen LogP contribution in [0.15, 0.2) is 36.7 Å². The van der Waals surface area contributed by atoms with Crippen molar-refractivity contribution in [1.82, 2.24) is 40.2 Å². The summed E-state index contributed by atoms with van der Waals surface area (Å²) in [6.07, 6.45) is 1.55. The highest BCUT2D eigenvalue weighted by atomic mass is 19.1. The smallest absolute Gasteiger partial charge is 0.273 e. The zero-order valence-corrected chi connectivity index (χ0v) is 20.2. The van der Waals surface area contributed by atoms with E-state index in [-0.39, 0.29) is 29.4 Å². The molecule has 0 saturated carbocycles. The highest BCUT2D eigenvalue weighted by Gasteiger charge is 2.22. The lowest BCUT2D eigenvalue weighted by Crippen LogP contribution is -2.22. The number of halogens is 1. The summed E-state index contributed by atoms with van der Waals surface area (Å²) in [6, 6.07) is 7.88. The number of carbonyl (C=O) groups is 1. The average Bonchev–Trinajstić information content (AvgIpc) is 3.30. The van der Waals surface area contributed by atoms with Crippen molar-refractivity contribution in [3.8, 4) is 17.1 Å². The van der Waals surface area contributed by atoms with Crippen molar-refractivity contribution in [1.29, 1.82) is 0 Å². The maximum atomic E-state index is 14.7. The van der Waals surface area contributed by atoms with Crippen molar-refractivity contribution in [3.05, 3.63) is 59.4 Å². The van der Waals surface area contributed by atoms with E-state index in [4.69, 9.17) is 8.85 Å². The summed E-state index contributed by atoms with van der Waals surface area (Å²) in [7, 11) is 5.05. The molecule has 0 spiro atoms. The molecule has 0 unspecified atom stereocenters. The molecule has 190 valence electrons. The Kier molecular flexibility index (Phi) is 5.43. The predicted molar refractivity (Wildman–Crippen MR) is 134 cm³/mol. The van der Waals surface area contributed by atoms with Gasteiger partial charge in [-0.2, -0.15) is 5.10 Å². The van der Waals surface area contributed by atoms with Gasteiger partial charge in [-0.25, -0.2) is 14.4 Å². The third-order valence-electron chi connectivity index (χ3n) is 5.63. The van der Waals surface area contributed by atoms with Crippen molar-refractivity contribution < 1.29 is 18.0 Å². The number of hydrogen-bond acceptors (Lipinski definition) is 10. The van der Waals surface area contributed by atoms with E-state index in [9.17, 15) is 9.18 Å². The molecule has 1 aromatic carbocycles. The second-order valence-corrected chi connectivity index (χ2v) is 8.46. The number of aryl methyl sites for hydroxylation is 1. The number of rotatable bonds is 3. The SMILES string of the molecule is [2H]C([2H])([2H])NC(=O)c1nnc2cc1Nc1cc(cc(-c3ncn(C)n3)c1OC)CN(C)Cc1nc(ccc1F)N2. The number of nitrogens with one attached hydrogen (secondary N) is 3. The van der Waals surface area contributed by atoms with Crippen molar-refractivity contribution in [2.45, 2.75) is 13.1 Å². The molecule has 1 aliphatic heterocycles. The van der Waals surface area contributed by atoms with Crippen LogP contribution in [0, 0.1) is 5.82 Å². The number of fused-ring (bicyclic) bond motifs is 6. The number of hydrogen-bond donors (Lipinski definition) is 3. The van der Waals surface area contributed by atoms with Gasteiger partial charge in [-0.05, 0) is 36.9 Å². The van der Waals surface area contributed by atoms with Crippen LogP contribution in [-0.4, -0.2) is 61.9 Å². The molecular weight excluding hydrogens is 479 g/mol. The predicted octanol–water partition coefficient (Wildman–Crippen LogP) is 2.61. The Morgan fingerprint density at radius 1 is 1.14 bits per heavy atom. The molecule has 1 aliphatic rings. The second-order valence-electron chi connectivity index (χ2n) is 8.46. The summed E-state index contributed by atoms with van der Waals surface area (Å²) >= 11 is 0. The molecule has 4 aromatic rings. The number of benzene rings is 1. The first-order valence-corrected chi connectivity index (χ1v) is 11.1. The number of anilines is 4. The topological polar surface area (TPSA) is 135 Å². The van der Waals surface area contributed by atoms with E-state index in [1.165, 1.54) is 25.3 Å². The van der Waals surface area contributed by atoms with Gasteiger partial charge in [0.25, 0.3) is 5.91 Å². The van der Waals surface area contributed by atoms with E-state index in [1.807, 2.05) is 23.3 Å². The molecule has 0 aliphatic carbocycles. The lowest BCUT2D eigenvalue weighted by molar-refractivity contribution is 0.0958. The minimum Gasteiger partial charge on any atom is -0.494 e. The van der Waals surface area contributed by atoms with Crippen LogP contribution in [0.1, 0.15) is 25.9 Å². The van der Waals surface area contributed by atoms with E-state index >= 15 is 0 Å². The number of ether oxygens (including phenoxy) is 1. The number of pyridine rings is 1. The van der Waals surface area contributed by atoms with E-state index < -0.39 is 18.7 Å². The number of carbonyl (C=O) groups excluding carboxylic acids is 1. The van der Waals surface area contributed by atoms with Crippen LogP contribution in [0.4, 0.5) is 27.4 Å². The van der Waals surface area contributed by atoms with Gasteiger partial charge in [-0.15, -0.1) is 10.2 Å². The van der Waals surface area contributed by atoms with Gasteiger partial charge in [-0.3, -0.25) is 14.4 Å². The summed E-state index contributed by atoms with van der Waals surface area (Å²) < 4.78 is 44.3. The third kappa shape index (κ3) is 4.89. The van der Waals surface area contributed by atoms with Crippen molar-refractivity contribution in [2.24, 2.45) is 7.05 Å². The van der Waals surface area contributed by atoms with Crippen molar-refractivity contribution in [3.63, 3.8) is 0 Å². The van der Waals surface area contributed by atoms with Gasteiger partial charge in [0.2, 0.25) is 0 Å². The highest BCUT2D eigenvalue weighted by Crippen LogP contribution is 2.39. The minimum absolute atomic E-state index is 0.127. The molecule has 3 N–H and O–H groups in total. The quantitative estimate of drug-likeness (QED) is 0.380. The molecule has 12 nitrogen and oxygen atoms in total. The zero-order chi connectivity index (χ0) is 28.6. The summed E-state index contributed by atoms with van der Waals surface area (Å²) in [5.74, 6) is -0.193. The average molecular weight is 508 g/mol. The Labute approximate surface area is 216 Å². The number of methoxy groups -OCH3 is 1. The van der Waals surface area contributed by atoms with Crippen LogP contribution in [0.3, 0.4) is 0 Å². The standard InChI is InChI=1S/C24H25FN10O2/c1-26-24(36)21-16-9-20(31-32-21)30-19-6-5-15(25)18(29-19)11-34(2)10-13-7-14(23-27-12-35(3)33-23)22(37-4)17(8-13)28-16/h5-9,12,28H,10-11H2,1-4H3,(H,26,36)(H,29,30,31)/i1D3. The lowest BCUT2D eigenvalue weighted by atomic mass is 10.1. The van der Waals surface area contributed by atoms with Crippen LogP contribution in [0.2, 0.25) is 0 Å². The molecule has 0 atom stereocenters. The number of nitrogens with zero attached hydrogens (tertiary/aromatic N) is 7. The van der Waals surface area contributed by atoms with Gasteiger partial charge in [0, 0.05) is 37.3 Å². The van der Waals surface area contributed by atoms with Crippen molar-refractivity contribution >= 4 is 28.9 Å².